The molecule has 0 saturated carbocycles. The van der Waals surface area contributed by atoms with E-state index in [0.29, 0.717) is 33.8 Å². The lowest BCUT2D eigenvalue weighted by Gasteiger charge is -2.10. The van der Waals surface area contributed by atoms with Gasteiger partial charge in [0.25, 0.3) is 5.91 Å². The Morgan fingerprint density at radius 2 is 1.68 bits per heavy atom. The van der Waals surface area contributed by atoms with Crippen molar-refractivity contribution in [2.45, 2.75) is 6.92 Å². The molecule has 0 fully saturated rings. The number of amides is 1. The van der Waals surface area contributed by atoms with Crippen LogP contribution in [0.2, 0.25) is 0 Å². The van der Waals surface area contributed by atoms with Crippen molar-refractivity contribution < 1.29 is 18.0 Å². The normalized spacial score (nSPS) is 11.1. The number of aromatic nitrogens is 3. The summed E-state index contributed by atoms with van der Waals surface area (Å²) in [5.41, 5.74) is 3.33. The summed E-state index contributed by atoms with van der Waals surface area (Å²) in [6.45, 7) is 1.76. The second-order valence-electron chi connectivity index (χ2n) is 7.68. The second-order valence-corrected chi connectivity index (χ2v) is 7.68. The number of hydrogen-bond acceptors (Lipinski definition) is 3. The molecule has 0 aliphatic carbocycles. The molecule has 0 aliphatic rings. The van der Waals surface area contributed by atoms with E-state index in [-0.39, 0.29) is 11.3 Å². The van der Waals surface area contributed by atoms with Gasteiger partial charge in [0.15, 0.2) is 11.6 Å². The number of pyridine rings is 2. The number of nitrogens with one attached hydrogen (secondary N) is 1. The number of carbonyl (C=O) groups excluding carboxylic acids is 1. The van der Waals surface area contributed by atoms with E-state index in [1.165, 1.54) is 42.6 Å². The minimum absolute atomic E-state index is 0.0841. The Morgan fingerprint density at radius 1 is 0.912 bits per heavy atom. The SMILES string of the molecule is Cc1ccc(-c2cccn3c(-c4cccc(F)c4F)cnc23)nc1C(=O)Nc1ccc(F)cc1. The van der Waals surface area contributed by atoms with Gasteiger partial charge in [-0.3, -0.25) is 9.20 Å². The highest BCUT2D eigenvalue weighted by atomic mass is 19.2. The first-order chi connectivity index (χ1) is 16.4. The summed E-state index contributed by atoms with van der Waals surface area (Å²) in [7, 11) is 0. The van der Waals surface area contributed by atoms with Crippen LogP contribution in [-0.2, 0) is 0 Å². The lowest BCUT2D eigenvalue weighted by molar-refractivity contribution is 0.102. The van der Waals surface area contributed by atoms with Crippen molar-refractivity contribution in [3.8, 4) is 22.5 Å². The van der Waals surface area contributed by atoms with Crippen LogP contribution >= 0.6 is 0 Å². The fourth-order valence-corrected chi connectivity index (χ4v) is 3.74. The van der Waals surface area contributed by atoms with Crippen LogP contribution in [0.3, 0.4) is 0 Å². The maximum atomic E-state index is 14.4. The summed E-state index contributed by atoms with van der Waals surface area (Å²) in [5.74, 6) is -2.74. The van der Waals surface area contributed by atoms with Gasteiger partial charge in [0, 0.05) is 23.0 Å². The van der Waals surface area contributed by atoms with E-state index < -0.39 is 23.4 Å². The fourth-order valence-electron chi connectivity index (χ4n) is 3.74. The highest BCUT2D eigenvalue weighted by Crippen LogP contribution is 2.30. The van der Waals surface area contributed by atoms with Gasteiger partial charge in [-0.2, -0.15) is 0 Å². The highest BCUT2D eigenvalue weighted by Gasteiger charge is 2.18. The molecule has 0 saturated heterocycles. The van der Waals surface area contributed by atoms with E-state index in [0.717, 1.165) is 6.07 Å². The van der Waals surface area contributed by atoms with Crippen molar-refractivity contribution in [3.05, 3.63) is 108 Å². The Bertz CT molecular complexity index is 1540. The van der Waals surface area contributed by atoms with Crippen LogP contribution in [0.15, 0.2) is 79.1 Å². The van der Waals surface area contributed by atoms with Crippen molar-refractivity contribution in [2.75, 3.05) is 5.32 Å². The smallest absolute Gasteiger partial charge is 0.274 e. The molecule has 0 aliphatic heterocycles. The maximum Gasteiger partial charge on any atom is 0.274 e. The van der Waals surface area contributed by atoms with E-state index in [1.54, 1.807) is 41.8 Å². The Hall–Kier alpha value is -4.46. The van der Waals surface area contributed by atoms with Crippen LogP contribution in [0.1, 0.15) is 16.1 Å². The average molecular weight is 458 g/mol. The third-order valence-corrected chi connectivity index (χ3v) is 5.45. The van der Waals surface area contributed by atoms with Gasteiger partial charge in [0.05, 0.1) is 17.6 Å². The monoisotopic (exact) mass is 458 g/mol. The number of benzene rings is 2. The van der Waals surface area contributed by atoms with Crippen molar-refractivity contribution in [3.63, 3.8) is 0 Å². The zero-order valence-electron chi connectivity index (χ0n) is 17.9. The Labute approximate surface area is 192 Å². The number of fused-ring (bicyclic) bond motifs is 1. The summed E-state index contributed by atoms with van der Waals surface area (Å²) in [6, 6.07) is 16.5. The molecule has 168 valence electrons. The fraction of sp³-hybridized carbons (Fsp3) is 0.0385. The van der Waals surface area contributed by atoms with Crippen molar-refractivity contribution in [1.82, 2.24) is 14.4 Å². The Morgan fingerprint density at radius 3 is 2.47 bits per heavy atom. The van der Waals surface area contributed by atoms with Gasteiger partial charge < -0.3 is 5.32 Å². The summed E-state index contributed by atoms with van der Waals surface area (Å²) in [4.78, 5) is 21.8. The molecule has 3 heterocycles. The molecule has 3 aromatic heterocycles. The molecule has 0 atom stereocenters. The number of hydrogen-bond donors (Lipinski definition) is 1. The average Bonchev–Trinajstić information content (AvgIpc) is 3.27. The molecule has 8 heteroatoms. The molecule has 5 aromatic rings. The predicted molar refractivity (Wildman–Crippen MR) is 123 cm³/mol. The second kappa shape index (κ2) is 8.47. The van der Waals surface area contributed by atoms with Crippen LogP contribution in [-0.4, -0.2) is 20.3 Å². The minimum Gasteiger partial charge on any atom is -0.321 e. The number of aryl methyl sites for hydroxylation is 1. The molecule has 0 spiro atoms. The van der Waals surface area contributed by atoms with E-state index in [4.69, 9.17) is 0 Å². The zero-order chi connectivity index (χ0) is 23.8. The van der Waals surface area contributed by atoms with Crippen molar-refractivity contribution in [1.29, 1.82) is 0 Å². The van der Waals surface area contributed by atoms with Gasteiger partial charge in [-0.1, -0.05) is 12.1 Å². The number of imidazole rings is 1. The van der Waals surface area contributed by atoms with Gasteiger partial charge in [-0.25, -0.2) is 23.1 Å². The molecular weight excluding hydrogens is 441 g/mol. The summed E-state index contributed by atoms with van der Waals surface area (Å²) < 4.78 is 43.0. The molecule has 0 radical (unpaired) electrons. The molecule has 5 nitrogen and oxygen atoms in total. The quantitative estimate of drug-likeness (QED) is 0.357. The number of carbonyl (C=O) groups is 1. The van der Waals surface area contributed by atoms with E-state index >= 15 is 0 Å². The minimum atomic E-state index is -0.956. The molecule has 34 heavy (non-hydrogen) atoms. The topological polar surface area (TPSA) is 59.3 Å². The van der Waals surface area contributed by atoms with E-state index in [1.807, 2.05) is 0 Å². The number of anilines is 1. The standard InChI is InChI=1S/C26H17F3N4O/c1-15-7-12-21(32-24(15)26(34)31-17-10-8-16(27)9-11-17)18-5-3-13-33-22(14-30-25(18)33)19-4-2-6-20(28)23(19)29/h2-14H,1H3,(H,31,34). The molecule has 5 rings (SSSR count). The molecule has 1 amide bonds. The Kier molecular flexibility index (Phi) is 5.33. The predicted octanol–water partition coefficient (Wildman–Crippen LogP) is 6.04. The lowest BCUT2D eigenvalue weighted by atomic mass is 10.1. The summed E-state index contributed by atoms with van der Waals surface area (Å²) >= 11 is 0. The van der Waals surface area contributed by atoms with Gasteiger partial charge in [0.2, 0.25) is 0 Å². The van der Waals surface area contributed by atoms with Crippen LogP contribution < -0.4 is 5.32 Å². The first kappa shape index (κ1) is 21.4. The van der Waals surface area contributed by atoms with Crippen LogP contribution in [0.4, 0.5) is 18.9 Å². The number of nitrogens with zero attached hydrogens (tertiary/aromatic N) is 3. The van der Waals surface area contributed by atoms with Crippen LogP contribution in [0.5, 0.6) is 0 Å². The number of rotatable bonds is 4. The lowest BCUT2D eigenvalue weighted by Crippen LogP contribution is -2.15. The molecule has 0 bridgehead atoms. The van der Waals surface area contributed by atoms with Crippen LogP contribution in [0, 0.1) is 24.4 Å². The molecule has 1 N–H and O–H groups in total. The summed E-state index contributed by atoms with van der Waals surface area (Å²) in [5, 5.41) is 2.71. The van der Waals surface area contributed by atoms with Gasteiger partial charge in [-0.15, -0.1) is 0 Å². The van der Waals surface area contributed by atoms with E-state index in [2.05, 4.69) is 15.3 Å². The van der Waals surface area contributed by atoms with E-state index in [9.17, 15) is 18.0 Å². The highest BCUT2D eigenvalue weighted by molar-refractivity contribution is 6.04. The molecule has 2 aromatic carbocycles. The van der Waals surface area contributed by atoms with Gasteiger partial charge in [-0.05, 0) is 67.1 Å². The first-order valence-electron chi connectivity index (χ1n) is 10.4. The maximum absolute atomic E-state index is 14.4. The Balaban J connectivity index is 1.55. The molecular formula is C26H17F3N4O. The first-order valence-corrected chi connectivity index (χ1v) is 10.4. The zero-order valence-corrected chi connectivity index (χ0v) is 17.9. The van der Waals surface area contributed by atoms with Gasteiger partial charge >= 0.3 is 0 Å². The van der Waals surface area contributed by atoms with Crippen LogP contribution in [0.25, 0.3) is 28.2 Å². The van der Waals surface area contributed by atoms with Crippen molar-refractivity contribution >= 4 is 17.2 Å². The largest absolute Gasteiger partial charge is 0.321 e. The van der Waals surface area contributed by atoms with Gasteiger partial charge in [0.1, 0.15) is 17.2 Å². The summed E-state index contributed by atoms with van der Waals surface area (Å²) in [6.07, 6.45) is 3.16. The third-order valence-electron chi connectivity index (χ3n) is 5.45. The number of halogens is 3. The van der Waals surface area contributed by atoms with Crippen molar-refractivity contribution in [2.24, 2.45) is 0 Å². The third kappa shape index (κ3) is 3.79. The molecule has 0 unspecified atom stereocenters.